The molecule has 2 N–H and O–H groups in total. The summed E-state index contributed by atoms with van der Waals surface area (Å²) in [5.41, 5.74) is -0.505. The van der Waals surface area contributed by atoms with Gasteiger partial charge in [-0.05, 0) is 42.5 Å². The van der Waals surface area contributed by atoms with Gasteiger partial charge in [-0.3, -0.25) is 9.69 Å². The number of hydrogen-bond acceptors (Lipinski definition) is 11. The molecule has 12 nitrogen and oxygen atoms in total. The Bertz CT molecular complexity index is 2100. The molecule has 2 aromatic heterocycles. The van der Waals surface area contributed by atoms with Crippen LogP contribution in [0.2, 0.25) is 0 Å². The smallest absolute Gasteiger partial charge is 0.319 e. The van der Waals surface area contributed by atoms with Crippen LogP contribution in [-0.2, 0) is 14.3 Å². The number of anilines is 1. The fourth-order valence-corrected chi connectivity index (χ4v) is 7.18. The van der Waals surface area contributed by atoms with Gasteiger partial charge in [0.2, 0.25) is 11.8 Å². The lowest BCUT2D eigenvalue weighted by Gasteiger charge is -2.31. The van der Waals surface area contributed by atoms with E-state index in [1.807, 2.05) is 4.90 Å². The van der Waals surface area contributed by atoms with Gasteiger partial charge in [-0.2, -0.15) is 9.97 Å². The molecular formula is C37H36F2N6O6. The average molecular weight is 699 g/mol. The lowest BCUT2D eigenvalue weighted by atomic mass is 9.95. The lowest BCUT2D eigenvalue weighted by molar-refractivity contribution is -0.117. The molecule has 4 aliphatic rings. The highest BCUT2D eigenvalue weighted by molar-refractivity contribution is 6.04. The Morgan fingerprint density at radius 2 is 1.96 bits per heavy atom. The summed E-state index contributed by atoms with van der Waals surface area (Å²) in [6.07, 6.45) is 8.86. The number of carbonyl (C=O) groups excluding carboxylic acids is 1. The molecule has 14 heteroatoms. The molecule has 1 aliphatic carbocycles. The number of carbonyl (C=O) groups is 1. The lowest BCUT2D eigenvalue weighted by Crippen LogP contribution is -2.48. The second kappa shape index (κ2) is 13.2. The standard InChI is InChI=1S/C37H36F2N6O6/c1-3-25-27(38)6-5-21-13-24(46)14-26(29(21)25)32-31(39)33-30-34(43-36(42-33)51-20-37(7-8-37)19-44-9-11-48-12-10-44)45-15-22(40-28(47)4-2)16-49-17-23(45)18-50-35(30)41-32/h1,4-6,13-14,22-23,46H,2,7-12,15-20H2,(H,40,47)/t22-,23-/m1/s1. The van der Waals surface area contributed by atoms with Crippen LogP contribution in [0, 0.1) is 29.4 Å². The number of pyridine rings is 1. The second-order valence-electron chi connectivity index (χ2n) is 13.5. The molecule has 8 rings (SSSR count). The molecule has 0 unspecified atom stereocenters. The summed E-state index contributed by atoms with van der Waals surface area (Å²) < 4.78 is 56.2. The Balaban J connectivity index is 1.27. The van der Waals surface area contributed by atoms with Crippen LogP contribution in [0.1, 0.15) is 18.4 Å². The summed E-state index contributed by atoms with van der Waals surface area (Å²) in [5.74, 6) is 0.616. The minimum atomic E-state index is -0.861. The van der Waals surface area contributed by atoms with E-state index < -0.39 is 23.7 Å². The summed E-state index contributed by atoms with van der Waals surface area (Å²) in [6, 6.07) is 4.47. The summed E-state index contributed by atoms with van der Waals surface area (Å²) >= 11 is 0. The Kier molecular flexibility index (Phi) is 8.57. The van der Waals surface area contributed by atoms with Gasteiger partial charge in [-0.15, -0.1) is 6.42 Å². The number of halogens is 2. The predicted molar refractivity (Wildman–Crippen MR) is 184 cm³/mol. The number of rotatable bonds is 8. The minimum Gasteiger partial charge on any atom is -0.508 e. The summed E-state index contributed by atoms with van der Waals surface area (Å²) in [6.45, 7) is 8.56. The second-order valence-corrected chi connectivity index (χ2v) is 13.5. The molecule has 4 aromatic rings. The topological polar surface area (TPSA) is 131 Å². The molecule has 2 atom stereocenters. The van der Waals surface area contributed by atoms with E-state index in [4.69, 9.17) is 30.4 Å². The zero-order chi connectivity index (χ0) is 35.3. The largest absolute Gasteiger partial charge is 0.508 e. The van der Waals surface area contributed by atoms with Crippen molar-refractivity contribution in [1.29, 1.82) is 0 Å². The van der Waals surface area contributed by atoms with Crippen LogP contribution < -0.4 is 19.7 Å². The van der Waals surface area contributed by atoms with Crippen molar-refractivity contribution < 1.29 is 37.6 Å². The van der Waals surface area contributed by atoms with Crippen molar-refractivity contribution in [2.75, 3.05) is 70.7 Å². The number of aromatic hydroxyl groups is 1. The summed E-state index contributed by atoms with van der Waals surface area (Å²) in [7, 11) is 0. The van der Waals surface area contributed by atoms with E-state index in [-0.39, 0.29) is 88.4 Å². The first-order valence-electron chi connectivity index (χ1n) is 16.9. The van der Waals surface area contributed by atoms with E-state index in [1.54, 1.807) is 0 Å². The maximum Gasteiger partial charge on any atom is 0.319 e. The third kappa shape index (κ3) is 6.26. The molecule has 1 amide bonds. The van der Waals surface area contributed by atoms with Gasteiger partial charge in [0.15, 0.2) is 5.82 Å². The first-order valence-corrected chi connectivity index (χ1v) is 16.9. The van der Waals surface area contributed by atoms with Crippen molar-refractivity contribution in [2.24, 2.45) is 5.41 Å². The molecule has 0 spiro atoms. The minimum absolute atomic E-state index is 0.0313. The molecule has 264 valence electrons. The van der Waals surface area contributed by atoms with Gasteiger partial charge in [-0.1, -0.05) is 18.6 Å². The molecule has 5 heterocycles. The molecule has 2 aromatic carbocycles. The number of phenols is 1. The Morgan fingerprint density at radius 3 is 2.73 bits per heavy atom. The van der Waals surface area contributed by atoms with Gasteiger partial charge >= 0.3 is 6.01 Å². The number of ether oxygens (including phenoxy) is 4. The van der Waals surface area contributed by atoms with Gasteiger partial charge < -0.3 is 34.3 Å². The van der Waals surface area contributed by atoms with Crippen LogP contribution >= 0.6 is 0 Å². The normalized spacial score (nSPS) is 21.2. The number of hydrogen-bond donors (Lipinski definition) is 2. The van der Waals surface area contributed by atoms with Crippen molar-refractivity contribution >= 4 is 33.4 Å². The van der Waals surface area contributed by atoms with Crippen LogP contribution in [0.3, 0.4) is 0 Å². The fourth-order valence-electron chi connectivity index (χ4n) is 7.18. The zero-order valence-corrected chi connectivity index (χ0v) is 27.8. The van der Waals surface area contributed by atoms with Crippen molar-refractivity contribution in [1.82, 2.24) is 25.2 Å². The number of nitrogens with zero attached hydrogens (tertiary/aromatic N) is 5. The van der Waals surface area contributed by atoms with E-state index in [1.165, 1.54) is 30.3 Å². The summed E-state index contributed by atoms with van der Waals surface area (Å²) in [5, 5.41) is 14.4. The number of benzene rings is 2. The molecule has 3 fully saturated rings. The zero-order valence-electron chi connectivity index (χ0n) is 27.8. The quantitative estimate of drug-likeness (QED) is 0.207. The monoisotopic (exact) mass is 698 g/mol. The van der Waals surface area contributed by atoms with Crippen molar-refractivity contribution in [3.05, 3.63) is 54.1 Å². The third-order valence-electron chi connectivity index (χ3n) is 9.99. The maximum absolute atomic E-state index is 17.2. The molecule has 1 saturated carbocycles. The number of phenolic OH excluding ortho intramolecular Hbond substituents is 1. The van der Waals surface area contributed by atoms with Crippen LogP contribution in [0.4, 0.5) is 14.6 Å². The number of amides is 1. The molecule has 0 radical (unpaired) electrons. The van der Waals surface area contributed by atoms with Gasteiger partial charge in [-0.25, -0.2) is 13.8 Å². The van der Waals surface area contributed by atoms with Gasteiger partial charge in [0.1, 0.15) is 40.6 Å². The number of morpholine rings is 1. The van der Waals surface area contributed by atoms with Gasteiger partial charge in [0.05, 0.1) is 50.7 Å². The number of nitrogens with one attached hydrogen (secondary N) is 1. The van der Waals surface area contributed by atoms with Crippen molar-refractivity contribution in [3.63, 3.8) is 0 Å². The first kappa shape index (κ1) is 33.1. The number of terminal acetylenes is 1. The van der Waals surface area contributed by atoms with Crippen molar-refractivity contribution in [3.8, 4) is 41.2 Å². The van der Waals surface area contributed by atoms with Crippen LogP contribution in [0.25, 0.3) is 32.9 Å². The average Bonchev–Trinajstić information content (AvgIpc) is 3.94. The van der Waals surface area contributed by atoms with Crippen LogP contribution in [-0.4, -0.2) is 109 Å². The van der Waals surface area contributed by atoms with E-state index >= 15 is 8.78 Å². The highest BCUT2D eigenvalue weighted by Crippen LogP contribution is 2.47. The fraction of sp³-hybridized carbons (Fsp3) is 0.405. The van der Waals surface area contributed by atoms with Crippen molar-refractivity contribution in [2.45, 2.75) is 24.9 Å². The highest BCUT2D eigenvalue weighted by atomic mass is 19.1. The van der Waals surface area contributed by atoms with E-state index in [0.717, 1.165) is 32.5 Å². The molecular weight excluding hydrogens is 662 g/mol. The molecule has 51 heavy (non-hydrogen) atoms. The van der Waals surface area contributed by atoms with Gasteiger partial charge in [0, 0.05) is 42.5 Å². The first-order chi connectivity index (χ1) is 24.8. The third-order valence-corrected chi connectivity index (χ3v) is 9.99. The van der Waals surface area contributed by atoms with E-state index in [2.05, 4.69) is 32.7 Å². The maximum atomic E-state index is 17.2. The van der Waals surface area contributed by atoms with Gasteiger partial charge in [0.25, 0.3) is 0 Å². The van der Waals surface area contributed by atoms with E-state index in [0.29, 0.717) is 31.0 Å². The van der Waals surface area contributed by atoms with Crippen LogP contribution in [0.5, 0.6) is 17.6 Å². The highest BCUT2D eigenvalue weighted by Gasteiger charge is 2.45. The van der Waals surface area contributed by atoms with Crippen LogP contribution in [0.15, 0.2) is 36.9 Å². The predicted octanol–water partition coefficient (Wildman–Crippen LogP) is 3.57. The molecule has 3 aliphatic heterocycles. The van der Waals surface area contributed by atoms with E-state index in [9.17, 15) is 9.90 Å². The Labute approximate surface area is 292 Å². The number of fused-ring (bicyclic) bond motifs is 3. The Morgan fingerprint density at radius 1 is 1.14 bits per heavy atom. The summed E-state index contributed by atoms with van der Waals surface area (Å²) in [4.78, 5) is 30.6. The number of aromatic nitrogens is 3. The Hall–Kier alpha value is -5.10. The molecule has 2 saturated heterocycles. The molecule has 0 bridgehead atoms. The SMILES string of the molecule is C#Cc1c(F)ccc2cc(O)cc(-c3nc4c5c(nc(OCC6(CN7CCOCC7)CC6)nc5c3F)N3C[C@@H](NC(=O)C=C)COC[C@@H]3CO4)c12.